The van der Waals surface area contributed by atoms with E-state index in [0.29, 0.717) is 12.0 Å². The van der Waals surface area contributed by atoms with Crippen LogP contribution in [0.25, 0.3) is 0 Å². The van der Waals surface area contributed by atoms with Gasteiger partial charge >= 0.3 is 0 Å². The second kappa shape index (κ2) is 8.50. The van der Waals surface area contributed by atoms with Gasteiger partial charge in [-0.05, 0) is 56.9 Å². The maximum atomic E-state index is 9.89. The summed E-state index contributed by atoms with van der Waals surface area (Å²) in [7, 11) is 0. The van der Waals surface area contributed by atoms with Crippen molar-refractivity contribution in [2.24, 2.45) is 11.8 Å². The summed E-state index contributed by atoms with van der Waals surface area (Å²) in [4.78, 5) is 0. The zero-order chi connectivity index (χ0) is 15.1. The number of aliphatic hydroxyl groups is 1. The van der Waals surface area contributed by atoms with Gasteiger partial charge in [-0.1, -0.05) is 33.1 Å². The Hall–Kier alpha value is -0.120. The van der Waals surface area contributed by atoms with E-state index in [-0.39, 0.29) is 12.1 Å². The smallest absolute Gasteiger partial charge is 0.0616 e. The first-order valence-corrected chi connectivity index (χ1v) is 9.17. The topological polar surface area (TPSA) is 41.5 Å². The van der Waals surface area contributed by atoms with Gasteiger partial charge in [-0.3, -0.25) is 0 Å². The van der Waals surface area contributed by atoms with Crippen LogP contribution in [0.15, 0.2) is 0 Å². The fourth-order valence-corrected chi connectivity index (χ4v) is 4.34. The van der Waals surface area contributed by atoms with Crippen molar-refractivity contribution in [1.29, 1.82) is 0 Å². The molecule has 0 amide bonds. The van der Waals surface area contributed by atoms with E-state index < -0.39 is 0 Å². The second-order valence-corrected chi connectivity index (χ2v) is 7.38. The molecule has 21 heavy (non-hydrogen) atoms. The Bertz CT molecular complexity index is 297. The predicted octanol–water partition coefficient (Wildman–Crippen LogP) is 3.50. The molecular formula is C18H35NO2. The van der Waals surface area contributed by atoms with Crippen molar-refractivity contribution in [3.63, 3.8) is 0 Å². The fraction of sp³-hybridized carbons (Fsp3) is 1.00. The summed E-state index contributed by atoms with van der Waals surface area (Å²) in [5, 5.41) is 13.5. The van der Waals surface area contributed by atoms with Crippen LogP contribution >= 0.6 is 0 Å². The molecule has 0 aromatic heterocycles. The molecule has 2 aliphatic rings. The van der Waals surface area contributed by atoms with E-state index in [4.69, 9.17) is 4.74 Å². The number of aliphatic hydroxyl groups excluding tert-OH is 1. The summed E-state index contributed by atoms with van der Waals surface area (Å²) >= 11 is 0. The van der Waals surface area contributed by atoms with Crippen LogP contribution < -0.4 is 5.32 Å². The summed E-state index contributed by atoms with van der Waals surface area (Å²) < 4.78 is 6.15. The number of ether oxygens (including phenoxy) is 1. The highest BCUT2D eigenvalue weighted by molar-refractivity contribution is 4.98. The van der Waals surface area contributed by atoms with E-state index in [1.807, 2.05) is 0 Å². The van der Waals surface area contributed by atoms with E-state index in [9.17, 15) is 5.11 Å². The molecule has 2 fully saturated rings. The third kappa shape index (κ3) is 4.67. The van der Waals surface area contributed by atoms with Gasteiger partial charge < -0.3 is 15.2 Å². The van der Waals surface area contributed by atoms with Crippen LogP contribution in [-0.2, 0) is 4.74 Å². The predicted molar refractivity (Wildman–Crippen MR) is 87.4 cm³/mol. The van der Waals surface area contributed by atoms with Crippen molar-refractivity contribution in [2.45, 2.75) is 83.3 Å². The number of rotatable bonds is 8. The van der Waals surface area contributed by atoms with Crippen LogP contribution in [0.4, 0.5) is 0 Å². The highest BCUT2D eigenvalue weighted by Crippen LogP contribution is 2.38. The first-order valence-electron chi connectivity index (χ1n) is 9.17. The fourth-order valence-electron chi connectivity index (χ4n) is 4.34. The summed E-state index contributed by atoms with van der Waals surface area (Å²) in [6.45, 7) is 6.70. The van der Waals surface area contributed by atoms with Gasteiger partial charge in [0.1, 0.15) is 0 Å². The highest BCUT2D eigenvalue weighted by atomic mass is 16.5. The Morgan fingerprint density at radius 2 is 2.10 bits per heavy atom. The Morgan fingerprint density at radius 3 is 2.81 bits per heavy atom. The lowest BCUT2D eigenvalue weighted by molar-refractivity contribution is 0.00157. The monoisotopic (exact) mass is 297 g/mol. The number of hydrogen-bond donors (Lipinski definition) is 2. The highest BCUT2D eigenvalue weighted by Gasteiger charge is 2.41. The quantitative estimate of drug-likeness (QED) is 0.720. The zero-order valence-corrected chi connectivity index (χ0v) is 14.1. The molecule has 0 aromatic rings. The minimum atomic E-state index is -0.0285. The average molecular weight is 297 g/mol. The summed E-state index contributed by atoms with van der Waals surface area (Å²) in [5.74, 6) is 1.41. The molecule has 2 N–H and O–H groups in total. The minimum Gasteiger partial charge on any atom is -0.394 e. The Kier molecular flexibility index (Phi) is 6.97. The number of hydrogen-bond acceptors (Lipinski definition) is 3. The van der Waals surface area contributed by atoms with Crippen molar-refractivity contribution in [3.8, 4) is 0 Å². The molecule has 0 heterocycles. The third-order valence-electron chi connectivity index (χ3n) is 5.67. The van der Waals surface area contributed by atoms with E-state index in [0.717, 1.165) is 38.3 Å². The molecule has 0 spiro atoms. The molecule has 4 atom stereocenters. The van der Waals surface area contributed by atoms with Crippen LogP contribution in [0.2, 0.25) is 0 Å². The lowest BCUT2D eigenvalue weighted by Crippen LogP contribution is -2.52. The van der Waals surface area contributed by atoms with Crippen molar-refractivity contribution in [3.05, 3.63) is 0 Å². The van der Waals surface area contributed by atoms with Gasteiger partial charge in [-0.25, -0.2) is 0 Å². The third-order valence-corrected chi connectivity index (χ3v) is 5.67. The van der Waals surface area contributed by atoms with Crippen LogP contribution in [0.1, 0.15) is 71.6 Å². The van der Waals surface area contributed by atoms with E-state index in [1.54, 1.807) is 0 Å². The lowest BCUT2D eigenvalue weighted by atomic mass is 9.85. The molecule has 3 heteroatoms. The maximum Gasteiger partial charge on any atom is 0.0616 e. The molecule has 0 aliphatic heterocycles. The molecule has 2 rings (SSSR count). The Morgan fingerprint density at radius 1 is 1.24 bits per heavy atom. The van der Waals surface area contributed by atoms with Crippen LogP contribution in [-0.4, -0.2) is 36.5 Å². The molecule has 4 unspecified atom stereocenters. The number of nitrogens with one attached hydrogen (secondary N) is 1. The molecule has 0 saturated heterocycles. The first-order chi connectivity index (χ1) is 10.2. The van der Waals surface area contributed by atoms with Crippen molar-refractivity contribution >= 4 is 0 Å². The van der Waals surface area contributed by atoms with Crippen LogP contribution in [0.5, 0.6) is 0 Å². The second-order valence-electron chi connectivity index (χ2n) is 7.38. The van der Waals surface area contributed by atoms with E-state index in [1.165, 1.54) is 38.5 Å². The molecule has 2 saturated carbocycles. The maximum absolute atomic E-state index is 9.89. The molecule has 3 nitrogen and oxygen atoms in total. The van der Waals surface area contributed by atoms with Gasteiger partial charge in [0.05, 0.1) is 12.7 Å². The van der Waals surface area contributed by atoms with Gasteiger partial charge in [0.2, 0.25) is 0 Å². The molecule has 0 aromatic carbocycles. The summed E-state index contributed by atoms with van der Waals surface area (Å²) in [5.41, 5.74) is -0.0285. The minimum absolute atomic E-state index is 0.0285. The average Bonchev–Trinajstić information content (AvgIpc) is 2.89. The summed E-state index contributed by atoms with van der Waals surface area (Å²) in [6, 6.07) is 0. The molecular weight excluding hydrogens is 262 g/mol. The van der Waals surface area contributed by atoms with E-state index in [2.05, 4.69) is 19.2 Å². The first kappa shape index (κ1) is 17.2. The summed E-state index contributed by atoms with van der Waals surface area (Å²) in [6.07, 6.45) is 11.5. The van der Waals surface area contributed by atoms with Gasteiger partial charge in [0.25, 0.3) is 0 Å². The lowest BCUT2D eigenvalue weighted by Gasteiger charge is -2.36. The standard InChI is InChI=1S/C18H35NO2/c1-3-11-19-18(14-20)10-5-7-16(18)9-12-21-17-8-4-6-15(2)13-17/h15-17,19-20H,3-14H2,1-2H3. The van der Waals surface area contributed by atoms with Crippen molar-refractivity contribution < 1.29 is 9.84 Å². The van der Waals surface area contributed by atoms with Crippen molar-refractivity contribution in [2.75, 3.05) is 19.8 Å². The largest absolute Gasteiger partial charge is 0.394 e. The molecule has 124 valence electrons. The van der Waals surface area contributed by atoms with Crippen molar-refractivity contribution in [1.82, 2.24) is 5.32 Å². The zero-order valence-electron chi connectivity index (χ0n) is 14.1. The van der Waals surface area contributed by atoms with Gasteiger partial charge in [-0.2, -0.15) is 0 Å². The normalized spacial score (nSPS) is 37.0. The Labute approximate surface area is 130 Å². The SMILES string of the molecule is CCCNC1(CO)CCCC1CCOC1CCCC(C)C1. The Balaban J connectivity index is 1.75. The van der Waals surface area contributed by atoms with Crippen LogP contribution in [0, 0.1) is 11.8 Å². The molecule has 2 aliphatic carbocycles. The van der Waals surface area contributed by atoms with E-state index >= 15 is 0 Å². The van der Waals surface area contributed by atoms with Crippen LogP contribution in [0.3, 0.4) is 0 Å². The molecule has 0 bridgehead atoms. The molecule has 0 radical (unpaired) electrons. The van der Waals surface area contributed by atoms with Gasteiger partial charge in [0, 0.05) is 12.1 Å². The van der Waals surface area contributed by atoms with Gasteiger partial charge in [-0.15, -0.1) is 0 Å². The van der Waals surface area contributed by atoms with Gasteiger partial charge in [0.15, 0.2) is 0 Å².